The third kappa shape index (κ3) is 3.82. The molecule has 6 rings (SSSR count). The highest BCUT2D eigenvalue weighted by Crippen LogP contribution is 2.33. The van der Waals surface area contributed by atoms with Crippen molar-refractivity contribution in [3.8, 4) is 11.3 Å². The molecule has 172 valence electrons. The maximum Gasteiger partial charge on any atom is 0.225 e. The van der Waals surface area contributed by atoms with Gasteiger partial charge in [-0.1, -0.05) is 54.1 Å². The van der Waals surface area contributed by atoms with Crippen molar-refractivity contribution in [2.24, 2.45) is 5.92 Å². The molecule has 2 aromatic carbocycles. The maximum atomic E-state index is 13.2. The van der Waals surface area contributed by atoms with E-state index in [0.717, 1.165) is 54.8 Å². The van der Waals surface area contributed by atoms with Crippen molar-refractivity contribution in [1.29, 1.82) is 0 Å². The number of rotatable bonds is 4. The van der Waals surface area contributed by atoms with E-state index in [0.29, 0.717) is 11.6 Å². The first-order valence-corrected chi connectivity index (χ1v) is 12.3. The first kappa shape index (κ1) is 21.2. The lowest BCUT2D eigenvalue weighted by atomic mass is 9.96. The van der Waals surface area contributed by atoms with Gasteiger partial charge in [-0.3, -0.25) is 4.79 Å². The molecule has 1 aliphatic carbocycles. The molecule has 1 saturated heterocycles. The van der Waals surface area contributed by atoms with Gasteiger partial charge in [0.2, 0.25) is 5.91 Å². The zero-order valence-electron chi connectivity index (χ0n) is 18.8. The fraction of sp³-hybridized carbons (Fsp3) is 0.296. The third-order valence-corrected chi connectivity index (χ3v) is 7.39. The normalized spacial score (nSPS) is 19.9. The van der Waals surface area contributed by atoms with Crippen LogP contribution in [0.3, 0.4) is 0 Å². The van der Waals surface area contributed by atoms with Crippen molar-refractivity contribution in [3.63, 3.8) is 0 Å². The Morgan fingerprint density at radius 2 is 1.94 bits per heavy atom. The van der Waals surface area contributed by atoms with Crippen LogP contribution in [0.1, 0.15) is 36.4 Å². The summed E-state index contributed by atoms with van der Waals surface area (Å²) in [4.78, 5) is 20.2. The standard InChI is InChI=1S/C27H26ClN5O/c28-22-10-4-3-9-21(22)24-16-25-26(29-13-15-33(25)31-24)32-14-5-7-19(17-32)27(34)30-23-12-11-18-6-1-2-8-20(18)23/h1-4,6,8-10,13,15-16,19,23H,5,7,11-12,14,17H2,(H,30,34)/t19-,23+/m1/s1. The van der Waals surface area contributed by atoms with Crippen LogP contribution in [0, 0.1) is 5.92 Å². The Labute approximate surface area is 203 Å². The van der Waals surface area contributed by atoms with Gasteiger partial charge in [0.15, 0.2) is 5.82 Å². The summed E-state index contributed by atoms with van der Waals surface area (Å²) in [6.45, 7) is 1.52. The fourth-order valence-corrected chi connectivity index (χ4v) is 5.57. The van der Waals surface area contributed by atoms with E-state index in [-0.39, 0.29) is 17.9 Å². The van der Waals surface area contributed by atoms with Gasteiger partial charge in [0.1, 0.15) is 5.52 Å². The predicted molar refractivity (Wildman–Crippen MR) is 134 cm³/mol. The van der Waals surface area contributed by atoms with Crippen LogP contribution in [0.5, 0.6) is 0 Å². The second-order valence-electron chi connectivity index (χ2n) is 9.17. The summed E-state index contributed by atoms with van der Waals surface area (Å²) in [6, 6.07) is 18.3. The highest BCUT2D eigenvalue weighted by Gasteiger charge is 2.31. The monoisotopic (exact) mass is 471 g/mol. The van der Waals surface area contributed by atoms with Crippen LogP contribution in [-0.2, 0) is 11.2 Å². The average molecular weight is 472 g/mol. The van der Waals surface area contributed by atoms with E-state index in [1.807, 2.05) is 41.0 Å². The van der Waals surface area contributed by atoms with Crippen LogP contribution in [0.25, 0.3) is 16.8 Å². The summed E-state index contributed by atoms with van der Waals surface area (Å²) in [5.74, 6) is 0.940. The minimum atomic E-state index is -0.0606. The Morgan fingerprint density at radius 1 is 1.09 bits per heavy atom. The number of aromatic nitrogens is 3. The Kier molecular flexibility index (Phi) is 5.46. The van der Waals surface area contributed by atoms with Gasteiger partial charge in [-0.2, -0.15) is 5.10 Å². The molecule has 1 N–H and O–H groups in total. The summed E-state index contributed by atoms with van der Waals surface area (Å²) in [5.41, 5.74) is 5.24. The largest absolute Gasteiger partial charge is 0.354 e. The van der Waals surface area contributed by atoms with E-state index < -0.39 is 0 Å². The number of hydrogen-bond donors (Lipinski definition) is 1. The van der Waals surface area contributed by atoms with Crippen LogP contribution in [-0.4, -0.2) is 33.6 Å². The Hall–Kier alpha value is -3.38. The van der Waals surface area contributed by atoms with Crippen molar-refractivity contribution in [2.75, 3.05) is 18.0 Å². The minimum Gasteiger partial charge on any atom is -0.354 e. The van der Waals surface area contributed by atoms with Crippen molar-refractivity contribution >= 4 is 28.8 Å². The highest BCUT2D eigenvalue weighted by molar-refractivity contribution is 6.33. The SMILES string of the molecule is O=C(N[C@H]1CCc2ccccc21)[C@@H]1CCCN(c2nccn3nc(-c4ccccc4Cl)cc23)C1. The highest BCUT2D eigenvalue weighted by atomic mass is 35.5. The van der Waals surface area contributed by atoms with E-state index in [2.05, 4.69) is 39.5 Å². The second kappa shape index (κ2) is 8.76. The topological polar surface area (TPSA) is 62.5 Å². The molecule has 2 aromatic heterocycles. The van der Waals surface area contributed by atoms with Crippen molar-refractivity contribution in [3.05, 3.63) is 83.1 Å². The molecule has 0 saturated carbocycles. The third-order valence-electron chi connectivity index (χ3n) is 7.06. The molecule has 0 bridgehead atoms. The van der Waals surface area contributed by atoms with Gasteiger partial charge in [0.25, 0.3) is 0 Å². The Morgan fingerprint density at radius 3 is 2.85 bits per heavy atom. The van der Waals surface area contributed by atoms with Crippen LogP contribution in [0.4, 0.5) is 5.82 Å². The zero-order valence-corrected chi connectivity index (χ0v) is 19.6. The van der Waals surface area contributed by atoms with Crippen LogP contribution < -0.4 is 10.2 Å². The van der Waals surface area contributed by atoms with E-state index in [4.69, 9.17) is 16.7 Å². The molecule has 0 unspecified atom stereocenters. The Bertz CT molecular complexity index is 1370. The zero-order chi connectivity index (χ0) is 23.1. The molecule has 0 radical (unpaired) electrons. The fourth-order valence-electron chi connectivity index (χ4n) is 5.33. The number of carbonyl (C=O) groups excluding carboxylic acids is 1. The lowest BCUT2D eigenvalue weighted by molar-refractivity contribution is -0.126. The van der Waals surface area contributed by atoms with Crippen molar-refractivity contribution in [2.45, 2.75) is 31.7 Å². The molecule has 3 heterocycles. The molecule has 1 amide bonds. The van der Waals surface area contributed by atoms with E-state index in [1.54, 1.807) is 6.20 Å². The van der Waals surface area contributed by atoms with Gasteiger partial charge in [-0.05, 0) is 48.9 Å². The maximum absolute atomic E-state index is 13.2. The number of hydrogen-bond acceptors (Lipinski definition) is 4. The summed E-state index contributed by atoms with van der Waals surface area (Å²) >= 11 is 6.41. The van der Waals surface area contributed by atoms with Gasteiger partial charge in [-0.25, -0.2) is 9.50 Å². The first-order valence-electron chi connectivity index (χ1n) is 11.9. The number of nitrogens with zero attached hydrogens (tertiary/aromatic N) is 4. The summed E-state index contributed by atoms with van der Waals surface area (Å²) in [5, 5.41) is 8.73. The molecule has 2 aliphatic rings. The number of piperidine rings is 1. The number of fused-ring (bicyclic) bond motifs is 2. The Balaban J connectivity index is 1.23. The van der Waals surface area contributed by atoms with Gasteiger partial charge < -0.3 is 10.2 Å². The number of halogens is 1. The molecule has 0 spiro atoms. The summed E-state index contributed by atoms with van der Waals surface area (Å²) in [7, 11) is 0. The van der Waals surface area contributed by atoms with E-state index in [1.165, 1.54) is 11.1 Å². The summed E-state index contributed by atoms with van der Waals surface area (Å²) in [6.07, 6.45) is 7.47. The predicted octanol–water partition coefficient (Wildman–Crippen LogP) is 5.07. The van der Waals surface area contributed by atoms with Gasteiger partial charge in [0, 0.05) is 31.0 Å². The average Bonchev–Trinajstić information content (AvgIpc) is 3.49. The minimum absolute atomic E-state index is 0.0606. The second-order valence-corrected chi connectivity index (χ2v) is 9.58. The molecular formula is C27H26ClN5O. The lowest BCUT2D eigenvalue weighted by Gasteiger charge is -2.33. The molecule has 6 nitrogen and oxygen atoms in total. The van der Waals surface area contributed by atoms with Crippen LogP contribution in [0.2, 0.25) is 5.02 Å². The first-order chi connectivity index (χ1) is 16.7. The van der Waals surface area contributed by atoms with E-state index in [9.17, 15) is 4.79 Å². The molecule has 1 aliphatic heterocycles. The van der Waals surface area contributed by atoms with Crippen molar-refractivity contribution in [1.82, 2.24) is 19.9 Å². The number of anilines is 1. The number of nitrogens with one attached hydrogen (secondary N) is 1. The molecule has 4 aromatic rings. The van der Waals surface area contributed by atoms with Crippen LogP contribution in [0.15, 0.2) is 67.0 Å². The number of carbonyl (C=O) groups is 1. The van der Waals surface area contributed by atoms with Gasteiger partial charge >= 0.3 is 0 Å². The molecular weight excluding hydrogens is 446 g/mol. The van der Waals surface area contributed by atoms with Crippen LogP contribution >= 0.6 is 11.6 Å². The van der Waals surface area contributed by atoms with Gasteiger partial charge in [-0.15, -0.1) is 0 Å². The smallest absolute Gasteiger partial charge is 0.225 e. The molecule has 1 fully saturated rings. The quantitative estimate of drug-likeness (QED) is 0.451. The molecule has 34 heavy (non-hydrogen) atoms. The van der Waals surface area contributed by atoms with E-state index >= 15 is 0 Å². The van der Waals surface area contributed by atoms with Crippen molar-refractivity contribution < 1.29 is 4.79 Å². The lowest BCUT2D eigenvalue weighted by Crippen LogP contribution is -2.44. The molecule has 7 heteroatoms. The van der Waals surface area contributed by atoms with Gasteiger partial charge in [0.05, 0.1) is 22.7 Å². The number of amides is 1. The number of aryl methyl sites for hydroxylation is 1. The molecule has 2 atom stereocenters. The summed E-state index contributed by atoms with van der Waals surface area (Å²) < 4.78 is 1.85. The number of benzene rings is 2.